The number of rotatable bonds is 3. The van der Waals surface area contributed by atoms with E-state index in [-0.39, 0.29) is 5.75 Å². The smallest absolute Gasteiger partial charge is 0.165 e. The van der Waals surface area contributed by atoms with Crippen LogP contribution in [0.1, 0.15) is 10.4 Å². The van der Waals surface area contributed by atoms with Gasteiger partial charge in [-0.1, -0.05) is 30.3 Å². The summed E-state index contributed by atoms with van der Waals surface area (Å²) in [5, 5.41) is 0. The first kappa shape index (κ1) is 11.3. The van der Waals surface area contributed by atoms with E-state index in [0.29, 0.717) is 5.56 Å². The van der Waals surface area contributed by atoms with Gasteiger partial charge in [0.1, 0.15) is 6.29 Å². The molecule has 0 unspecified atom stereocenters. The van der Waals surface area contributed by atoms with Gasteiger partial charge in [-0.3, -0.25) is 4.79 Å². The highest BCUT2D eigenvalue weighted by molar-refractivity contribution is 5.77. The van der Waals surface area contributed by atoms with Crippen molar-refractivity contribution >= 4 is 6.29 Å². The molecule has 17 heavy (non-hydrogen) atoms. The SMILES string of the molecule is COc1ccc(-c2ccc(C=O)cc2)cc1F. The van der Waals surface area contributed by atoms with Gasteiger partial charge in [-0.25, -0.2) is 4.39 Å². The summed E-state index contributed by atoms with van der Waals surface area (Å²) in [4.78, 5) is 10.5. The fourth-order valence-electron chi connectivity index (χ4n) is 1.60. The maximum atomic E-state index is 13.5. The number of methoxy groups -OCH3 is 1. The van der Waals surface area contributed by atoms with Crippen molar-refractivity contribution in [1.82, 2.24) is 0 Å². The van der Waals surface area contributed by atoms with Gasteiger partial charge in [0.25, 0.3) is 0 Å². The van der Waals surface area contributed by atoms with Gasteiger partial charge in [-0.2, -0.15) is 0 Å². The third-order valence-corrected chi connectivity index (χ3v) is 2.53. The summed E-state index contributed by atoms with van der Waals surface area (Å²) in [5.41, 5.74) is 2.21. The van der Waals surface area contributed by atoms with Crippen molar-refractivity contribution in [3.8, 4) is 16.9 Å². The second kappa shape index (κ2) is 4.78. The van der Waals surface area contributed by atoms with Crippen LogP contribution in [0.25, 0.3) is 11.1 Å². The third kappa shape index (κ3) is 2.33. The monoisotopic (exact) mass is 230 g/mol. The van der Waals surface area contributed by atoms with Crippen molar-refractivity contribution in [3.63, 3.8) is 0 Å². The van der Waals surface area contributed by atoms with Gasteiger partial charge in [-0.05, 0) is 23.3 Å². The number of halogens is 1. The maximum absolute atomic E-state index is 13.5. The molecule has 0 amide bonds. The number of carbonyl (C=O) groups is 1. The first-order valence-electron chi connectivity index (χ1n) is 5.14. The number of hydrogen-bond donors (Lipinski definition) is 0. The minimum atomic E-state index is -0.399. The number of ether oxygens (including phenoxy) is 1. The van der Waals surface area contributed by atoms with Crippen LogP contribution in [-0.2, 0) is 0 Å². The molecule has 0 aliphatic heterocycles. The summed E-state index contributed by atoms with van der Waals surface area (Å²) < 4.78 is 18.4. The molecule has 0 spiro atoms. The highest BCUT2D eigenvalue weighted by atomic mass is 19.1. The van der Waals surface area contributed by atoms with Gasteiger partial charge in [-0.15, -0.1) is 0 Å². The van der Waals surface area contributed by atoms with Gasteiger partial charge in [0.05, 0.1) is 7.11 Å². The average molecular weight is 230 g/mol. The lowest BCUT2D eigenvalue weighted by Gasteiger charge is -2.05. The van der Waals surface area contributed by atoms with Crippen LogP contribution >= 0.6 is 0 Å². The molecule has 0 fully saturated rings. The molecule has 0 bridgehead atoms. The zero-order valence-electron chi connectivity index (χ0n) is 9.31. The van der Waals surface area contributed by atoms with E-state index < -0.39 is 5.82 Å². The Hall–Kier alpha value is -2.16. The molecule has 0 N–H and O–H groups in total. The second-order valence-corrected chi connectivity index (χ2v) is 3.59. The zero-order chi connectivity index (χ0) is 12.3. The highest BCUT2D eigenvalue weighted by Crippen LogP contribution is 2.25. The molecule has 2 nitrogen and oxygen atoms in total. The van der Waals surface area contributed by atoms with E-state index in [1.807, 2.05) is 0 Å². The molecule has 0 aliphatic rings. The molecule has 0 saturated carbocycles. The normalized spacial score (nSPS) is 10.0. The molecular weight excluding hydrogens is 219 g/mol. The van der Waals surface area contributed by atoms with Crippen molar-refractivity contribution in [2.75, 3.05) is 7.11 Å². The van der Waals surface area contributed by atoms with E-state index in [0.717, 1.165) is 17.4 Å². The summed E-state index contributed by atoms with van der Waals surface area (Å²) in [6, 6.07) is 11.7. The first-order valence-corrected chi connectivity index (χ1v) is 5.14. The van der Waals surface area contributed by atoms with Crippen molar-refractivity contribution in [1.29, 1.82) is 0 Å². The van der Waals surface area contributed by atoms with Crippen LogP contribution in [0.2, 0.25) is 0 Å². The van der Waals surface area contributed by atoms with Gasteiger partial charge in [0.2, 0.25) is 0 Å². The summed E-state index contributed by atoms with van der Waals surface area (Å²) in [5.74, 6) is -0.178. The Kier molecular flexibility index (Phi) is 3.19. The number of carbonyl (C=O) groups excluding carboxylic acids is 1. The molecule has 0 atom stereocenters. The summed E-state index contributed by atoms with van der Waals surface area (Å²) in [6.45, 7) is 0. The lowest BCUT2D eigenvalue weighted by atomic mass is 10.0. The Bertz CT molecular complexity index is 532. The van der Waals surface area contributed by atoms with Crippen molar-refractivity contribution in [2.45, 2.75) is 0 Å². The lowest BCUT2D eigenvalue weighted by Crippen LogP contribution is -1.88. The van der Waals surface area contributed by atoms with E-state index >= 15 is 0 Å². The average Bonchev–Trinajstić information content (AvgIpc) is 2.39. The first-order chi connectivity index (χ1) is 8.24. The van der Waals surface area contributed by atoms with Gasteiger partial charge < -0.3 is 4.74 Å². The van der Waals surface area contributed by atoms with Crippen LogP contribution in [0.3, 0.4) is 0 Å². The highest BCUT2D eigenvalue weighted by Gasteiger charge is 2.04. The summed E-state index contributed by atoms with van der Waals surface area (Å²) in [6.07, 6.45) is 0.776. The Morgan fingerprint density at radius 2 is 1.71 bits per heavy atom. The Morgan fingerprint density at radius 1 is 1.06 bits per heavy atom. The van der Waals surface area contributed by atoms with E-state index in [2.05, 4.69) is 0 Å². The fraction of sp³-hybridized carbons (Fsp3) is 0.0714. The third-order valence-electron chi connectivity index (χ3n) is 2.53. The molecule has 86 valence electrons. The van der Waals surface area contributed by atoms with Crippen molar-refractivity contribution in [2.24, 2.45) is 0 Å². The number of benzene rings is 2. The molecule has 3 heteroatoms. The number of hydrogen-bond acceptors (Lipinski definition) is 2. The Morgan fingerprint density at radius 3 is 2.24 bits per heavy atom. The van der Waals surface area contributed by atoms with Gasteiger partial charge >= 0.3 is 0 Å². The van der Waals surface area contributed by atoms with E-state index in [1.165, 1.54) is 13.2 Å². The molecular formula is C14H11FO2. The molecule has 0 aliphatic carbocycles. The lowest BCUT2D eigenvalue weighted by molar-refractivity contribution is 0.112. The summed E-state index contributed by atoms with van der Waals surface area (Å²) in [7, 11) is 1.43. The van der Waals surface area contributed by atoms with Crippen LogP contribution in [0, 0.1) is 5.82 Å². The molecule has 0 aromatic heterocycles. The zero-order valence-corrected chi connectivity index (χ0v) is 9.31. The molecule has 0 saturated heterocycles. The fourth-order valence-corrected chi connectivity index (χ4v) is 1.60. The number of aldehydes is 1. The van der Waals surface area contributed by atoms with Gasteiger partial charge in [0, 0.05) is 5.56 Å². The van der Waals surface area contributed by atoms with Crippen molar-refractivity contribution in [3.05, 3.63) is 53.8 Å². The van der Waals surface area contributed by atoms with Crippen molar-refractivity contribution < 1.29 is 13.9 Å². The van der Waals surface area contributed by atoms with E-state index in [9.17, 15) is 9.18 Å². The van der Waals surface area contributed by atoms with Crippen LogP contribution < -0.4 is 4.74 Å². The van der Waals surface area contributed by atoms with Gasteiger partial charge in [0.15, 0.2) is 11.6 Å². The standard InChI is InChI=1S/C14H11FO2/c1-17-14-7-6-12(8-13(14)15)11-4-2-10(9-16)3-5-11/h2-9H,1H3. The molecule has 0 radical (unpaired) electrons. The molecule has 2 rings (SSSR count). The van der Waals surface area contributed by atoms with Crippen LogP contribution in [-0.4, -0.2) is 13.4 Å². The van der Waals surface area contributed by atoms with Crippen LogP contribution in [0.5, 0.6) is 5.75 Å². The molecule has 2 aromatic carbocycles. The summed E-state index contributed by atoms with van der Waals surface area (Å²) >= 11 is 0. The van der Waals surface area contributed by atoms with Crippen LogP contribution in [0.4, 0.5) is 4.39 Å². The van der Waals surface area contributed by atoms with Crippen LogP contribution in [0.15, 0.2) is 42.5 Å². The predicted molar refractivity (Wildman–Crippen MR) is 63.8 cm³/mol. The minimum absolute atomic E-state index is 0.221. The minimum Gasteiger partial charge on any atom is -0.494 e. The second-order valence-electron chi connectivity index (χ2n) is 3.59. The molecule has 0 heterocycles. The quantitative estimate of drug-likeness (QED) is 0.756. The Balaban J connectivity index is 2.38. The molecule has 2 aromatic rings. The largest absolute Gasteiger partial charge is 0.494 e. The van der Waals surface area contributed by atoms with E-state index in [4.69, 9.17) is 4.74 Å². The Labute approximate surface area is 98.7 Å². The maximum Gasteiger partial charge on any atom is 0.165 e. The predicted octanol–water partition coefficient (Wildman–Crippen LogP) is 3.31. The van der Waals surface area contributed by atoms with E-state index in [1.54, 1.807) is 36.4 Å². The topological polar surface area (TPSA) is 26.3 Å².